The van der Waals surface area contributed by atoms with E-state index in [1.165, 1.54) is 36.0 Å². The maximum absolute atomic E-state index is 9.87. The van der Waals surface area contributed by atoms with E-state index in [2.05, 4.69) is 30.4 Å². The summed E-state index contributed by atoms with van der Waals surface area (Å²) in [4.78, 5) is 0. The van der Waals surface area contributed by atoms with Crippen LogP contribution in [0, 0.1) is 0 Å². The number of hydrogen-bond acceptors (Lipinski definition) is 2. The minimum absolute atomic E-state index is 0.232. The molecule has 0 amide bonds. The number of aryl methyl sites for hydroxylation is 2. The maximum atomic E-state index is 9.87. The Morgan fingerprint density at radius 1 is 1.00 bits per heavy atom. The standard InChI is InChI=1S/C19H23NO/c1-13(16-11-10-15-6-5-7-17(15)12-16)20-19-9-4-3-8-18(19)14(2)21/h3-4,8-14,20-21H,5-7H2,1-2H3. The maximum Gasteiger partial charge on any atom is 0.0781 e. The zero-order valence-electron chi connectivity index (χ0n) is 12.8. The van der Waals surface area contributed by atoms with Gasteiger partial charge in [-0.1, -0.05) is 36.4 Å². The number of rotatable bonds is 4. The number of aliphatic hydroxyl groups is 1. The molecule has 0 aliphatic heterocycles. The van der Waals surface area contributed by atoms with Gasteiger partial charge in [0, 0.05) is 17.3 Å². The van der Waals surface area contributed by atoms with Crippen LogP contribution in [0.2, 0.25) is 0 Å². The van der Waals surface area contributed by atoms with E-state index in [4.69, 9.17) is 0 Å². The lowest BCUT2D eigenvalue weighted by atomic mass is 10.0. The number of nitrogens with one attached hydrogen (secondary N) is 1. The van der Waals surface area contributed by atoms with Crippen LogP contribution < -0.4 is 5.32 Å². The van der Waals surface area contributed by atoms with Crippen LogP contribution in [0.4, 0.5) is 5.69 Å². The fourth-order valence-corrected chi connectivity index (χ4v) is 3.17. The molecule has 2 nitrogen and oxygen atoms in total. The van der Waals surface area contributed by atoms with Gasteiger partial charge in [0.25, 0.3) is 0 Å². The van der Waals surface area contributed by atoms with Crippen molar-refractivity contribution >= 4 is 5.69 Å². The van der Waals surface area contributed by atoms with Crippen LogP contribution in [0.1, 0.15) is 54.7 Å². The highest BCUT2D eigenvalue weighted by molar-refractivity contribution is 5.53. The van der Waals surface area contributed by atoms with Gasteiger partial charge in [0.15, 0.2) is 0 Å². The van der Waals surface area contributed by atoms with Crippen LogP contribution in [0.3, 0.4) is 0 Å². The lowest BCUT2D eigenvalue weighted by Gasteiger charge is -2.20. The van der Waals surface area contributed by atoms with Gasteiger partial charge in [0.1, 0.15) is 0 Å². The molecule has 0 saturated carbocycles. The molecule has 0 aromatic heterocycles. The minimum Gasteiger partial charge on any atom is -0.389 e. The lowest BCUT2D eigenvalue weighted by molar-refractivity contribution is 0.200. The number of fused-ring (bicyclic) bond motifs is 1. The fourth-order valence-electron chi connectivity index (χ4n) is 3.17. The fraction of sp³-hybridized carbons (Fsp3) is 0.368. The van der Waals surface area contributed by atoms with Gasteiger partial charge in [-0.3, -0.25) is 0 Å². The summed E-state index contributed by atoms with van der Waals surface area (Å²) in [5.41, 5.74) is 6.29. The van der Waals surface area contributed by atoms with Crippen LogP contribution in [-0.4, -0.2) is 5.11 Å². The predicted octanol–water partition coefficient (Wildman–Crippen LogP) is 4.40. The molecule has 0 fully saturated rings. The van der Waals surface area contributed by atoms with E-state index in [1.54, 1.807) is 6.92 Å². The molecular weight excluding hydrogens is 258 g/mol. The van der Waals surface area contributed by atoms with Gasteiger partial charge >= 0.3 is 0 Å². The molecule has 2 heteroatoms. The van der Waals surface area contributed by atoms with Crippen molar-refractivity contribution in [2.75, 3.05) is 5.32 Å². The third kappa shape index (κ3) is 2.96. The summed E-state index contributed by atoms with van der Waals surface area (Å²) < 4.78 is 0. The third-order valence-electron chi connectivity index (χ3n) is 4.41. The van der Waals surface area contributed by atoms with Gasteiger partial charge in [0.05, 0.1) is 6.10 Å². The normalized spacial score (nSPS) is 16.3. The second-order valence-corrected chi connectivity index (χ2v) is 6.01. The molecule has 0 bridgehead atoms. The van der Waals surface area contributed by atoms with E-state index in [-0.39, 0.29) is 6.04 Å². The van der Waals surface area contributed by atoms with Gasteiger partial charge in [-0.25, -0.2) is 0 Å². The molecule has 2 aromatic rings. The topological polar surface area (TPSA) is 32.3 Å². The van der Waals surface area contributed by atoms with E-state index in [1.807, 2.05) is 24.3 Å². The average Bonchev–Trinajstić information content (AvgIpc) is 2.94. The van der Waals surface area contributed by atoms with E-state index in [0.29, 0.717) is 0 Å². The highest BCUT2D eigenvalue weighted by Crippen LogP contribution is 2.29. The van der Waals surface area contributed by atoms with Crippen molar-refractivity contribution in [1.82, 2.24) is 0 Å². The highest BCUT2D eigenvalue weighted by Gasteiger charge is 2.15. The largest absolute Gasteiger partial charge is 0.389 e. The van der Waals surface area contributed by atoms with Crippen molar-refractivity contribution in [2.24, 2.45) is 0 Å². The van der Waals surface area contributed by atoms with Crippen molar-refractivity contribution in [3.8, 4) is 0 Å². The molecule has 0 spiro atoms. The molecule has 110 valence electrons. The molecule has 2 aromatic carbocycles. The molecule has 2 atom stereocenters. The van der Waals surface area contributed by atoms with E-state index >= 15 is 0 Å². The van der Waals surface area contributed by atoms with Crippen molar-refractivity contribution in [3.05, 3.63) is 64.7 Å². The first-order chi connectivity index (χ1) is 10.1. The second-order valence-electron chi connectivity index (χ2n) is 6.01. The summed E-state index contributed by atoms with van der Waals surface area (Å²) in [6.07, 6.45) is 3.26. The molecule has 1 aliphatic carbocycles. The first kappa shape index (κ1) is 14.2. The van der Waals surface area contributed by atoms with Gasteiger partial charge in [-0.15, -0.1) is 0 Å². The van der Waals surface area contributed by atoms with Crippen molar-refractivity contribution in [2.45, 2.75) is 45.3 Å². The zero-order chi connectivity index (χ0) is 14.8. The van der Waals surface area contributed by atoms with Crippen molar-refractivity contribution < 1.29 is 5.11 Å². The Balaban J connectivity index is 1.82. The molecule has 0 radical (unpaired) electrons. The molecule has 2 N–H and O–H groups in total. The SMILES string of the molecule is CC(O)c1ccccc1NC(C)c1ccc2c(c1)CCC2. The molecule has 0 saturated heterocycles. The molecular formula is C19H23NO. The summed E-state index contributed by atoms with van der Waals surface area (Å²) in [7, 11) is 0. The Labute approximate surface area is 126 Å². The summed E-state index contributed by atoms with van der Waals surface area (Å²) in [5.74, 6) is 0. The summed E-state index contributed by atoms with van der Waals surface area (Å²) in [6, 6.07) is 15.1. The van der Waals surface area contributed by atoms with Crippen LogP contribution in [-0.2, 0) is 12.8 Å². The Kier molecular flexibility index (Phi) is 3.98. The number of para-hydroxylation sites is 1. The monoisotopic (exact) mass is 281 g/mol. The Morgan fingerprint density at radius 2 is 1.76 bits per heavy atom. The number of benzene rings is 2. The molecule has 3 rings (SSSR count). The molecule has 2 unspecified atom stereocenters. The quantitative estimate of drug-likeness (QED) is 0.870. The second kappa shape index (κ2) is 5.90. The number of aliphatic hydroxyl groups excluding tert-OH is 1. The van der Waals surface area contributed by atoms with Gasteiger partial charge in [0.2, 0.25) is 0 Å². The van der Waals surface area contributed by atoms with E-state index in [0.717, 1.165) is 11.3 Å². The smallest absolute Gasteiger partial charge is 0.0781 e. The summed E-state index contributed by atoms with van der Waals surface area (Å²) in [6.45, 7) is 3.98. The minimum atomic E-state index is -0.457. The summed E-state index contributed by atoms with van der Waals surface area (Å²) >= 11 is 0. The Hall–Kier alpha value is -1.80. The first-order valence-electron chi connectivity index (χ1n) is 7.80. The first-order valence-corrected chi connectivity index (χ1v) is 7.80. The van der Waals surface area contributed by atoms with Crippen molar-refractivity contribution in [1.29, 1.82) is 0 Å². The van der Waals surface area contributed by atoms with E-state index in [9.17, 15) is 5.11 Å². The summed E-state index contributed by atoms with van der Waals surface area (Å²) in [5, 5.41) is 13.4. The Bertz CT molecular complexity index is 633. The molecule has 21 heavy (non-hydrogen) atoms. The van der Waals surface area contributed by atoms with Crippen LogP contribution >= 0.6 is 0 Å². The van der Waals surface area contributed by atoms with Gasteiger partial charge < -0.3 is 10.4 Å². The van der Waals surface area contributed by atoms with Crippen molar-refractivity contribution in [3.63, 3.8) is 0 Å². The van der Waals surface area contributed by atoms with Crippen LogP contribution in [0.25, 0.3) is 0 Å². The average molecular weight is 281 g/mol. The van der Waals surface area contributed by atoms with Crippen LogP contribution in [0.15, 0.2) is 42.5 Å². The van der Waals surface area contributed by atoms with Gasteiger partial charge in [-0.2, -0.15) is 0 Å². The third-order valence-corrected chi connectivity index (χ3v) is 4.41. The van der Waals surface area contributed by atoms with Crippen LogP contribution in [0.5, 0.6) is 0 Å². The Morgan fingerprint density at radius 3 is 2.57 bits per heavy atom. The van der Waals surface area contributed by atoms with Gasteiger partial charge in [-0.05, 0) is 55.9 Å². The number of hydrogen-bond donors (Lipinski definition) is 2. The molecule has 1 aliphatic rings. The molecule has 0 heterocycles. The predicted molar refractivity (Wildman–Crippen MR) is 87.6 cm³/mol. The lowest BCUT2D eigenvalue weighted by Crippen LogP contribution is -2.09. The highest BCUT2D eigenvalue weighted by atomic mass is 16.3. The van der Waals surface area contributed by atoms with E-state index < -0.39 is 6.10 Å². The number of anilines is 1. The zero-order valence-corrected chi connectivity index (χ0v) is 12.8.